The highest BCUT2D eigenvalue weighted by molar-refractivity contribution is 9.10. The Morgan fingerprint density at radius 1 is 1.08 bits per heavy atom. The van der Waals surface area contributed by atoms with E-state index >= 15 is 0 Å². The summed E-state index contributed by atoms with van der Waals surface area (Å²) in [6.07, 6.45) is 1.01. The number of carbonyl (C=O) groups excluding carboxylic acids is 2. The Balaban J connectivity index is 0.000000207. The van der Waals surface area contributed by atoms with E-state index in [0.717, 1.165) is 22.9 Å². The van der Waals surface area contributed by atoms with Crippen molar-refractivity contribution in [3.63, 3.8) is 0 Å². The number of halogens is 1. The molecule has 1 fully saturated rings. The Morgan fingerprint density at radius 2 is 1.75 bits per heavy atom. The average molecular weight is 559 g/mol. The van der Waals surface area contributed by atoms with E-state index in [1.54, 1.807) is 20.8 Å². The summed E-state index contributed by atoms with van der Waals surface area (Å²) < 4.78 is 16.2. The Labute approximate surface area is 218 Å². The second-order valence-electron chi connectivity index (χ2n) is 9.27. The largest absolute Gasteiger partial charge is 0.487 e. The van der Waals surface area contributed by atoms with E-state index < -0.39 is 17.7 Å². The fourth-order valence-electron chi connectivity index (χ4n) is 3.75. The molecule has 1 aromatic heterocycles. The van der Waals surface area contributed by atoms with E-state index in [2.05, 4.69) is 25.7 Å². The number of H-pyrrole nitrogens is 1. The van der Waals surface area contributed by atoms with Crippen LogP contribution in [-0.4, -0.2) is 47.2 Å². The van der Waals surface area contributed by atoms with Crippen molar-refractivity contribution < 1.29 is 23.8 Å². The molecule has 0 spiro atoms. The zero-order chi connectivity index (χ0) is 26.3. The Hall–Kier alpha value is -3.33. The number of carbonyl (C=O) groups is 2. The lowest BCUT2D eigenvalue weighted by Gasteiger charge is -2.27. The molecule has 0 aliphatic carbocycles. The smallest absolute Gasteiger partial charge is 0.411 e. The van der Waals surface area contributed by atoms with Gasteiger partial charge in [-0.05, 0) is 67.2 Å². The van der Waals surface area contributed by atoms with Crippen molar-refractivity contribution in [2.45, 2.75) is 51.9 Å². The van der Waals surface area contributed by atoms with Crippen molar-refractivity contribution >= 4 is 38.9 Å². The maximum atomic E-state index is 11.9. The lowest BCUT2D eigenvalue weighted by Crippen LogP contribution is -2.43. The molecule has 2 heterocycles. The summed E-state index contributed by atoms with van der Waals surface area (Å²) in [5.41, 5.74) is 1.10. The molecule has 2 aromatic carbocycles. The molecule has 0 saturated carbocycles. The number of nitrogens with one attached hydrogen (secondary N) is 1. The maximum absolute atomic E-state index is 11.9. The molecule has 1 atom stereocenters. The monoisotopic (exact) mass is 558 g/mol. The summed E-state index contributed by atoms with van der Waals surface area (Å²) in [5, 5.41) is 0.884. The van der Waals surface area contributed by atoms with Crippen molar-refractivity contribution in [2.75, 3.05) is 13.7 Å². The van der Waals surface area contributed by atoms with Gasteiger partial charge in [-0.15, -0.1) is 0 Å². The fraction of sp³-hybridized carbons (Fsp3) is 0.370. The molecule has 192 valence electrons. The maximum Gasteiger partial charge on any atom is 0.411 e. The third-order valence-electron chi connectivity index (χ3n) is 5.40. The van der Waals surface area contributed by atoms with E-state index in [-0.39, 0.29) is 11.5 Å². The summed E-state index contributed by atoms with van der Waals surface area (Å²) in [7, 11) is 1.33. The number of aromatic nitrogens is 1. The van der Waals surface area contributed by atoms with E-state index in [4.69, 9.17) is 9.47 Å². The van der Waals surface area contributed by atoms with Crippen LogP contribution in [0.3, 0.4) is 0 Å². The lowest BCUT2D eigenvalue weighted by molar-refractivity contribution is -0.145. The second-order valence-corrected chi connectivity index (χ2v) is 10.1. The van der Waals surface area contributed by atoms with Gasteiger partial charge in [-0.2, -0.15) is 0 Å². The topological polar surface area (TPSA) is 97.9 Å². The van der Waals surface area contributed by atoms with Gasteiger partial charge in [0.15, 0.2) is 0 Å². The molecule has 0 radical (unpaired) electrons. The molecule has 4 rings (SSSR count). The minimum atomic E-state index is -0.541. The number of rotatable bonds is 4. The first-order valence-corrected chi connectivity index (χ1v) is 12.4. The number of nitrogens with zero attached hydrogens (tertiary/aromatic N) is 1. The molecule has 3 aromatic rings. The number of para-hydroxylation sites is 1. The van der Waals surface area contributed by atoms with Gasteiger partial charge >= 0.3 is 12.1 Å². The van der Waals surface area contributed by atoms with Crippen LogP contribution in [0, 0.1) is 0 Å². The summed E-state index contributed by atoms with van der Waals surface area (Å²) in [6.45, 7) is 6.37. The van der Waals surface area contributed by atoms with Gasteiger partial charge in [-0.3, -0.25) is 9.69 Å². The number of esters is 1. The van der Waals surface area contributed by atoms with E-state index in [9.17, 15) is 14.4 Å². The van der Waals surface area contributed by atoms with E-state index in [1.165, 1.54) is 12.0 Å². The van der Waals surface area contributed by atoms with Gasteiger partial charge in [0.2, 0.25) is 0 Å². The van der Waals surface area contributed by atoms with Crippen LogP contribution < -0.4 is 10.3 Å². The Kier molecular flexibility index (Phi) is 9.14. The van der Waals surface area contributed by atoms with E-state index in [0.29, 0.717) is 29.8 Å². The number of ether oxygens (including phenoxy) is 3. The van der Waals surface area contributed by atoms with Crippen molar-refractivity contribution in [1.82, 2.24) is 9.88 Å². The Bertz CT molecular complexity index is 1250. The van der Waals surface area contributed by atoms with Crippen LogP contribution in [0.25, 0.3) is 10.9 Å². The average Bonchev–Trinajstić information content (AvgIpc) is 3.34. The van der Waals surface area contributed by atoms with Gasteiger partial charge in [0, 0.05) is 11.9 Å². The molecule has 1 aliphatic heterocycles. The first-order chi connectivity index (χ1) is 17.1. The lowest BCUT2D eigenvalue weighted by atomic mass is 10.2. The number of likely N-dealkylation sites (tertiary alicyclic amines) is 1. The zero-order valence-electron chi connectivity index (χ0n) is 20.9. The van der Waals surface area contributed by atoms with Crippen LogP contribution in [0.2, 0.25) is 0 Å². The molecule has 1 amide bonds. The van der Waals surface area contributed by atoms with Crippen LogP contribution in [0.5, 0.6) is 5.75 Å². The minimum Gasteiger partial charge on any atom is -0.487 e. The molecule has 8 nitrogen and oxygen atoms in total. The van der Waals surface area contributed by atoms with Crippen LogP contribution in [0.4, 0.5) is 4.79 Å². The number of aromatic amines is 1. The van der Waals surface area contributed by atoms with Gasteiger partial charge < -0.3 is 19.2 Å². The first-order valence-electron chi connectivity index (χ1n) is 11.7. The second kappa shape index (κ2) is 12.1. The van der Waals surface area contributed by atoms with E-state index in [1.807, 2.05) is 54.6 Å². The zero-order valence-corrected chi connectivity index (χ0v) is 22.5. The third kappa shape index (κ3) is 7.10. The van der Waals surface area contributed by atoms with Gasteiger partial charge in [-0.25, -0.2) is 9.59 Å². The molecule has 0 bridgehead atoms. The van der Waals surface area contributed by atoms with Crippen LogP contribution >= 0.6 is 15.9 Å². The number of fused-ring (bicyclic) bond motifs is 1. The quantitative estimate of drug-likeness (QED) is 0.429. The highest BCUT2D eigenvalue weighted by Crippen LogP contribution is 2.30. The molecule has 1 unspecified atom stereocenters. The molecule has 36 heavy (non-hydrogen) atoms. The van der Waals surface area contributed by atoms with Crippen LogP contribution in [0.1, 0.15) is 39.2 Å². The highest BCUT2D eigenvalue weighted by Gasteiger charge is 2.37. The predicted molar refractivity (Wildman–Crippen MR) is 141 cm³/mol. The van der Waals surface area contributed by atoms with Crippen molar-refractivity contribution in [2.24, 2.45) is 0 Å². The molecule has 1 N–H and O–H groups in total. The number of pyridine rings is 1. The molecular weight excluding hydrogens is 528 g/mol. The number of benzene rings is 2. The van der Waals surface area contributed by atoms with Crippen molar-refractivity contribution in [3.8, 4) is 5.75 Å². The summed E-state index contributed by atoms with van der Waals surface area (Å²) >= 11 is 3.31. The molecule has 1 aliphatic rings. The van der Waals surface area contributed by atoms with Gasteiger partial charge in [0.1, 0.15) is 28.5 Å². The van der Waals surface area contributed by atoms with Gasteiger partial charge in [0.25, 0.3) is 5.56 Å². The predicted octanol–water partition coefficient (Wildman–Crippen LogP) is 5.43. The normalized spacial score (nSPS) is 15.1. The number of amides is 1. The van der Waals surface area contributed by atoms with Gasteiger partial charge in [0.05, 0.1) is 12.6 Å². The SMILES string of the molecule is COC(=O)C1CCCN1C(=O)OC(C)(C)C.O=c1[nH]c2ccccc2c(OCc2ccccc2)c1Br. The first kappa shape index (κ1) is 27.3. The summed E-state index contributed by atoms with van der Waals surface area (Å²) in [4.78, 5) is 39.3. The number of methoxy groups -OCH3 is 1. The van der Waals surface area contributed by atoms with Crippen LogP contribution in [-0.2, 0) is 20.9 Å². The molecule has 9 heteroatoms. The van der Waals surface area contributed by atoms with Crippen molar-refractivity contribution in [1.29, 1.82) is 0 Å². The van der Waals surface area contributed by atoms with Gasteiger partial charge in [-0.1, -0.05) is 42.5 Å². The van der Waals surface area contributed by atoms with Crippen LogP contribution in [0.15, 0.2) is 63.9 Å². The Morgan fingerprint density at radius 3 is 2.42 bits per heavy atom. The fourth-order valence-corrected chi connectivity index (χ4v) is 4.17. The number of hydrogen-bond donors (Lipinski definition) is 1. The molecular formula is C27H31BrN2O6. The highest BCUT2D eigenvalue weighted by atomic mass is 79.9. The molecule has 1 saturated heterocycles. The summed E-state index contributed by atoms with van der Waals surface area (Å²) in [5.74, 6) is 0.205. The van der Waals surface area contributed by atoms with Crippen molar-refractivity contribution in [3.05, 3.63) is 75.0 Å². The summed E-state index contributed by atoms with van der Waals surface area (Å²) in [6, 6.07) is 17.0. The standard InChI is InChI=1S/C16H12BrNO2.C11H19NO4/c17-14-15(20-10-11-6-2-1-3-7-11)12-8-4-5-9-13(12)18-16(14)19;1-11(2,3)16-10(14)12-7-5-6-8(12)9(13)15-4/h1-9H,10H2,(H,18,19);8H,5-7H2,1-4H3. The third-order valence-corrected chi connectivity index (χ3v) is 6.12. The number of hydrogen-bond acceptors (Lipinski definition) is 6. The minimum absolute atomic E-state index is 0.188.